The molecular formula is C16H17ClFNO. The van der Waals surface area contributed by atoms with Crippen LogP contribution in [0.1, 0.15) is 16.7 Å². The van der Waals surface area contributed by atoms with Crippen molar-refractivity contribution in [2.24, 2.45) is 0 Å². The topological polar surface area (TPSA) is 21.3 Å². The lowest BCUT2D eigenvalue weighted by molar-refractivity contribution is 0.185. The van der Waals surface area contributed by atoms with Crippen molar-refractivity contribution in [1.29, 1.82) is 0 Å². The highest BCUT2D eigenvalue weighted by Crippen LogP contribution is 2.16. The fourth-order valence-corrected chi connectivity index (χ4v) is 2.20. The molecule has 2 aromatic carbocycles. The Morgan fingerprint density at radius 2 is 1.75 bits per heavy atom. The van der Waals surface area contributed by atoms with Gasteiger partial charge in [-0.3, -0.25) is 0 Å². The summed E-state index contributed by atoms with van der Waals surface area (Å²) in [5, 5.41) is 3.47. The summed E-state index contributed by atoms with van der Waals surface area (Å²) >= 11 is 5.75. The summed E-state index contributed by atoms with van der Waals surface area (Å²) < 4.78 is 18.1. The molecular weight excluding hydrogens is 277 g/mol. The van der Waals surface area contributed by atoms with Gasteiger partial charge in [0.2, 0.25) is 0 Å². The van der Waals surface area contributed by atoms with Crippen molar-refractivity contribution in [3.8, 4) is 0 Å². The third-order valence-electron chi connectivity index (χ3n) is 2.94. The van der Waals surface area contributed by atoms with Crippen molar-refractivity contribution in [3.63, 3.8) is 0 Å². The lowest BCUT2D eigenvalue weighted by atomic mass is 10.1. The van der Waals surface area contributed by atoms with Gasteiger partial charge in [-0.25, -0.2) is 4.39 Å². The molecule has 0 unspecified atom stereocenters. The van der Waals surface area contributed by atoms with Crippen LogP contribution in [0.15, 0.2) is 42.5 Å². The van der Waals surface area contributed by atoms with Crippen molar-refractivity contribution >= 4 is 11.6 Å². The highest BCUT2D eigenvalue weighted by atomic mass is 35.5. The quantitative estimate of drug-likeness (QED) is 0.872. The number of halogens is 2. The highest BCUT2D eigenvalue weighted by molar-refractivity contribution is 6.30. The normalized spacial score (nSPS) is 10.8. The number of benzene rings is 2. The molecule has 2 rings (SSSR count). The zero-order chi connectivity index (χ0) is 14.4. The predicted molar refractivity (Wildman–Crippen MR) is 79.1 cm³/mol. The van der Waals surface area contributed by atoms with E-state index in [1.807, 2.05) is 12.1 Å². The lowest BCUT2D eigenvalue weighted by Crippen LogP contribution is -2.12. The van der Waals surface area contributed by atoms with Gasteiger partial charge < -0.3 is 10.1 Å². The van der Waals surface area contributed by atoms with Crippen LogP contribution in [0.4, 0.5) is 4.39 Å². The molecule has 0 aliphatic rings. The summed E-state index contributed by atoms with van der Waals surface area (Å²) in [5.41, 5.74) is 3.30. The Morgan fingerprint density at radius 1 is 1.05 bits per heavy atom. The Kier molecular flexibility index (Phi) is 5.53. The molecule has 2 aromatic rings. The summed E-state index contributed by atoms with van der Waals surface area (Å²) in [6.45, 7) is 2.00. The number of methoxy groups -OCH3 is 1. The molecule has 1 N–H and O–H groups in total. The van der Waals surface area contributed by atoms with Crippen molar-refractivity contribution in [3.05, 3.63) is 70.0 Å². The van der Waals surface area contributed by atoms with E-state index < -0.39 is 0 Å². The smallest absolute Gasteiger partial charge is 0.141 e. The molecule has 0 aliphatic heterocycles. The number of hydrogen-bond acceptors (Lipinski definition) is 2. The first kappa shape index (κ1) is 15.0. The first-order valence-electron chi connectivity index (χ1n) is 6.40. The fraction of sp³-hybridized carbons (Fsp3) is 0.250. The van der Waals surface area contributed by atoms with Crippen LogP contribution in [0.5, 0.6) is 0 Å². The molecule has 0 aliphatic carbocycles. The SMILES string of the molecule is COCc1cccc(CNCc2ccc(F)c(Cl)c2)c1. The Hall–Kier alpha value is -1.42. The zero-order valence-corrected chi connectivity index (χ0v) is 12.1. The van der Waals surface area contributed by atoms with E-state index in [-0.39, 0.29) is 10.8 Å². The minimum atomic E-state index is -0.386. The summed E-state index contributed by atoms with van der Waals surface area (Å²) in [6.07, 6.45) is 0. The molecule has 106 valence electrons. The number of nitrogens with one attached hydrogen (secondary N) is 1. The predicted octanol–water partition coefficient (Wildman–Crippen LogP) is 3.92. The first-order chi connectivity index (χ1) is 9.69. The van der Waals surface area contributed by atoms with E-state index in [1.54, 1.807) is 19.2 Å². The standard InChI is InChI=1S/C16H17ClFNO/c1-20-11-14-4-2-3-12(7-14)9-19-10-13-5-6-16(18)15(17)8-13/h2-8,19H,9-11H2,1H3. The minimum absolute atomic E-state index is 0.159. The van der Waals surface area contributed by atoms with Gasteiger partial charge in [0.05, 0.1) is 11.6 Å². The summed E-state index contributed by atoms with van der Waals surface area (Å²) in [5.74, 6) is -0.386. The molecule has 20 heavy (non-hydrogen) atoms. The first-order valence-corrected chi connectivity index (χ1v) is 6.78. The van der Waals surface area contributed by atoms with Gasteiger partial charge in [-0.15, -0.1) is 0 Å². The van der Waals surface area contributed by atoms with Crippen molar-refractivity contribution < 1.29 is 9.13 Å². The number of ether oxygens (including phenoxy) is 1. The summed E-state index contributed by atoms with van der Waals surface area (Å²) in [6, 6.07) is 13.0. The van der Waals surface area contributed by atoms with Gasteiger partial charge in [0.1, 0.15) is 5.82 Å². The van der Waals surface area contributed by atoms with E-state index >= 15 is 0 Å². The fourth-order valence-electron chi connectivity index (χ4n) is 2.00. The molecule has 0 atom stereocenters. The lowest BCUT2D eigenvalue weighted by Gasteiger charge is -2.07. The van der Waals surface area contributed by atoms with Crippen LogP contribution in [0.25, 0.3) is 0 Å². The van der Waals surface area contributed by atoms with Gasteiger partial charge in [0.25, 0.3) is 0 Å². The van der Waals surface area contributed by atoms with Gasteiger partial charge in [0, 0.05) is 20.2 Å². The van der Waals surface area contributed by atoms with Gasteiger partial charge >= 0.3 is 0 Å². The van der Waals surface area contributed by atoms with Gasteiger partial charge in [0.15, 0.2) is 0 Å². The molecule has 0 heterocycles. The van der Waals surface area contributed by atoms with Gasteiger partial charge in [-0.1, -0.05) is 41.9 Å². The van der Waals surface area contributed by atoms with Crippen LogP contribution in [-0.2, 0) is 24.4 Å². The largest absolute Gasteiger partial charge is 0.380 e. The zero-order valence-electron chi connectivity index (χ0n) is 11.3. The summed E-state index contributed by atoms with van der Waals surface area (Å²) in [7, 11) is 1.68. The van der Waals surface area contributed by atoms with Gasteiger partial charge in [-0.05, 0) is 28.8 Å². The monoisotopic (exact) mass is 293 g/mol. The molecule has 0 bridgehead atoms. The van der Waals surface area contributed by atoms with Crippen LogP contribution in [-0.4, -0.2) is 7.11 Å². The van der Waals surface area contributed by atoms with Crippen LogP contribution < -0.4 is 5.32 Å². The maximum atomic E-state index is 13.0. The second-order valence-electron chi connectivity index (χ2n) is 4.60. The highest BCUT2D eigenvalue weighted by Gasteiger charge is 2.01. The molecule has 0 aromatic heterocycles. The van der Waals surface area contributed by atoms with E-state index in [0.717, 1.165) is 17.7 Å². The Bertz CT molecular complexity index is 574. The Morgan fingerprint density at radius 3 is 2.45 bits per heavy atom. The second-order valence-corrected chi connectivity index (χ2v) is 5.01. The molecule has 0 amide bonds. The van der Waals surface area contributed by atoms with Gasteiger partial charge in [-0.2, -0.15) is 0 Å². The van der Waals surface area contributed by atoms with Crippen LogP contribution in [0, 0.1) is 5.82 Å². The minimum Gasteiger partial charge on any atom is -0.380 e. The van der Waals surface area contributed by atoms with Crippen molar-refractivity contribution in [1.82, 2.24) is 5.32 Å². The second kappa shape index (κ2) is 7.39. The number of rotatable bonds is 6. The average molecular weight is 294 g/mol. The van der Waals surface area contributed by atoms with Crippen LogP contribution >= 0.6 is 11.6 Å². The molecule has 0 spiro atoms. The van der Waals surface area contributed by atoms with E-state index in [2.05, 4.69) is 17.4 Å². The maximum absolute atomic E-state index is 13.0. The molecule has 0 radical (unpaired) electrons. The third-order valence-corrected chi connectivity index (χ3v) is 3.23. The molecule has 0 fully saturated rings. The van der Waals surface area contributed by atoms with Crippen molar-refractivity contribution in [2.75, 3.05) is 7.11 Å². The Balaban J connectivity index is 1.89. The van der Waals surface area contributed by atoms with E-state index in [4.69, 9.17) is 16.3 Å². The molecule has 4 heteroatoms. The summed E-state index contributed by atoms with van der Waals surface area (Å²) in [4.78, 5) is 0. The van der Waals surface area contributed by atoms with E-state index in [1.165, 1.54) is 11.6 Å². The van der Waals surface area contributed by atoms with Crippen molar-refractivity contribution in [2.45, 2.75) is 19.7 Å². The maximum Gasteiger partial charge on any atom is 0.141 e. The molecule has 0 saturated heterocycles. The van der Waals surface area contributed by atoms with Crippen LogP contribution in [0.2, 0.25) is 5.02 Å². The molecule has 2 nitrogen and oxygen atoms in total. The number of hydrogen-bond donors (Lipinski definition) is 1. The average Bonchev–Trinajstić information content (AvgIpc) is 2.44. The van der Waals surface area contributed by atoms with E-state index in [9.17, 15) is 4.39 Å². The van der Waals surface area contributed by atoms with E-state index in [0.29, 0.717) is 13.2 Å². The molecule has 0 saturated carbocycles. The third kappa shape index (κ3) is 4.30. The van der Waals surface area contributed by atoms with Crippen LogP contribution in [0.3, 0.4) is 0 Å². The Labute approximate surface area is 123 Å².